The minimum atomic E-state index is -1.08. The number of hydrogen-bond donors (Lipinski definition) is 2. The van der Waals surface area contributed by atoms with Gasteiger partial charge in [0.05, 0.1) is 13.7 Å². The fraction of sp³-hybridized carbons (Fsp3) is 0.417. The number of nitrogens with zero attached hydrogens (tertiary/aromatic N) is 1. The molecular formula is C24H28N2O5. The van der Waals surface area contributed by atoms with E-state index < -0.39 is 17.7 Å². The average Bonchev–Trinajstić information content (AvgIpc) is 2.98. The number of fused-ring (bicyclic) bond motifs is 2. The Morgan fingerprint density at radius 2 is 2.00 bits per heavy atom. The van der Waals surface area contributed by atoms with Crippen LogP contribution in [0.1, 0.15) is 35.1 Å². The van der Waals surface area contributed by atoms with E-state index in [1.165, 1.54) is 0 Å². The van der Waals surface area contributed by atoms with Gasteiger partial charge in [0.25, 0.3) is 5.91 Å². The van der Waals surface area contributed by atoms with Gasteiger partial charge in [0, 0.05) is 0 Å². The van der Waals surface area contributed by atoms with Gasteiger partial charge < -0.3 is 19.9 Å². The number of urea groups is 1. The van der Waals surface area contributed by atoms with E-state index in [1.807, 2.05) is 44.2 Å². The SMILES string of the molecule is COc1ccc2c(c1)CCC[C@]21NC(=O)N(C[C@H](O)COc2cc(C)ccc2C)C1=O. The van der Waals surface area contributed by atoms with Crippen molar-refractivity contribution >= 4 is 11.9 Å². The van der Waals surface area contributed by atoms with Crippen LogP contribution in [0, 0.1) is 13.8 Å². The fourth-order valence-corrected chi connectivity index (χ4v) is 4.46. The molecule has 1 aliphatic carbocycles. The Morgan fingerprint density at radius 3 is 2.77 bits per heavy atom. The van der Waals surface area contributed by atoms with Crippen molar-refractivity contribution in [1.29, 1.82) is 0 Å². The number of amides is 3. The lowest BCUT2D eigenvalue weighted by Crippen LogP contribution is -2.47. The van der Waals surface area contributed by atoms with Crippen LogP contribution in [0.2, 0.25) is 0 Å². The van der Waals surface area contributed by atoms with Gasteiger partial charge in [-0.1, -0.05) is 18.2 Å². The number of methoxy groups -OCH3 is 1. The second-order valence-corrected chi connectivity index (χ2v) is 8.36. The number of hydrogen-bond acceptors (Lipinski definition) is 5. The summed E-state index contributed by atoms with van der Waals surface area (Å²) < 4.78 is 11.0. The Morgan fingerprint density at radius 1 is 1.19 bits per heavy atom. The zero-order chi connectivity index (χ0) is 22.2. The number of β-amino-alcohol motifs (C(OH)–C–C–N with tert-alkyl or cyclic N) is 1. The lowest BCUT2D eigenvalue weighted by molar-refractivity contribution is -0.133. The molecular weight excluding hydrogens is 396 g/mol. The zero-order valence-electron chi connectivity index (χ0n) is 18.1. The second kappa shape index (κ2) is 8.23. The lowest BCUT2D eigenvalue weighted by Gasteiger charge is -2.33. The third-order valence-corrected chi connectivity index (χ3v) is 6.11. The van der Waals surface area contributed by atoms with E-state index in [4.69, 9.17) is 9.47 Å². The molecule has 1 aliphatic heterocycles. The summed E-state index contributed by atoms with van der Waals surface area (Å²) in [6.45, 7) is 3.76. The third-order valence-electron chi connectivity index (χ3n) is 6.11. The number of rotatable bonds is 6. The van der Waals surface area contributed by atoms with Gasteiger partial charge in [-0.3, -0.25) is 9.69 Å². The van der Waals surface area contributed by atoms with Crippen molar-refractivity contribution in [1.82, 2.24) is 10.2 Å². The van der Waals surface area contributed by atoms with Crippen LogP contribution in [0.15, 0.2) is 36.4 Å². The number of carbonyl (C=O) groups excluding carboxylic acids is 2. The Kier molecular flexibility index (Phi) is 5.62. The van der Waals surface area contributed by atoms with Crippen LogP contribution >= 0.6 is 0 Å². The van der Waals surface area contributed by atoms with E-state index >= 15 is 0 Å². The highest BCUT2D eigenvalue weighted by Gasteiger charge is 2.54. The number of nitrogens with one attached hydrogen (secondary N) is 1. The number of ether oxygens (including phenoxy) is 2. The van der Waals surface area contributed by atoms with Crippen molar-refractivity contribution < 1.29 is 24.2 Å². The third kappa shape index (κ3) is 3.85. The van der Waals surface area contributed by atoms with Crippen LogP contribution in [-0.4, -0.2) is 48.3 Å². The van der Waals surface area contributed by atoms with Gasteiger partial charge in [0.1, 0.15) is 29.7 Å². The highest BCUT2D eigenvalue weighted by Crippen LogP contribution is 2.41. The highest BCUT2D eigenvalue weighted by molar-refractivity contribution is 6.07. The van der Waals surface area contributed by atoms with Gasteiger partial charge in [-0.05, 0) is 73.6 Å². The Hall–Kier alpha value is -3.06. The summed E-state index contributed by atoms with van der Waals surface area (Å²) in [5, 5.41) is 13.4. The van der Waals surface area contributed by atoms with Gasteiger partial charge in [-0.2, -0.15) is 0 Å². The Bertz CT molecular complexity index is 1020. The molecule has 2 atom stereocenters. The second-order valence-electron chi connectivity index (χ2n) is 8.36. The molecule has 7 heteroatoms. The smallest absolute Gasteiger partial charge is 0.325 e. The van der Waals surface area contributed by atoms with Crippen molar-refractivity contribution in [3.63, 3.8) is 0 Å². The maximum Gasteiger partial charge on any atom is 0.325 e. The van der Waals surface area contributed by atoms with E-state index in [-0.39, 0.29) is 19.1 Å². The molecule has 0 saturated carbocycles. The largest absolute Gasteiger partial charge is 0.497 e. The topological polar surface area (TPSA) is 88.1 Å². The summed E-state index contributed by atoms with van der Waals surface area (Å²) in [7, 11) is 1.60. The summed E-state index contributed by atoms with van der Waals surface area (Å²) in [5.41, 5.74) is 2.74. The van der Waals surface area contributed by atoms with Gasteiger partial charge in [0.2, 0.25) is 0 Å². The van der Waals surface area contributed by atoms with Crippen molar-refractivity contribution in [3.8, 4) is 11.5 Å². The van der Waals surface area contributed by atoms with Gasteiger partial charge in [-0.25, -0.2) is 4.79 Å². The number of benzene rings is 2. The molecule has 2 aromatic rings. The van der Waals surface area contributed by atoms with Crippen LogP contribution in [0.4, 0.5) is 4.79 Å². The molecule has 4 rings (SSSR count). The molecule has 1 heterocycles. The number of aryl methyl sites for hydroxylation is 3. The summed E-state index contributed by atoms with van der Waals surface area (Å²) in [6, 6.07) is 10.9. The molecule has 0 bridgehead atoms. The monoisotopic (exact) mass is 424 g/mol. The van der Waals surface area contributed by atoms with E-state index in [0.717, 1.165) is 45.7 Å². The molecule has 2 N–H and O–H groups in total. The molecule has 0 unspecified atom stereocenters. The first kappa shape index (κ1) is 21.2. The molecule has 2 aliphatic rings. The zero-order valence-corrected chi connectivity index (χ0v) is 18.1. The molecule has 1 spiro atoms. The maximum atomic E-state index is 13.4. The van der Waals surface area contributed by atoms with Crippen LogP contribution < -0.4 is 14.8 Å². The molecule has 2 aromatic carbocycles. The number of carbonyl (C=O) groups is 2. The molecule has 164 valence electrons. The van der Waals surface area contributed by atoms with Crippen molar-refractivity contribution in [2.45, 2.75) is 44.8 Å². The van der Waals surface area contributed by atoms with E-state index in [0.29, 0.717) is 12.2 Å². The predicted octanol–water partition coefficient (Wildman–Crippen LogP) is 2.84. The molecule has 3 amide bonds. The van der Waals surface area contributed by atoms with Crippen molar-refractivity contribution in [3.05, 3.63) is 58.7 Å². The first-order valence-corrected chi connectivity index (χ1v) is 10.5. The Balaban J connectivity index is 1.49. The minimum absolute atomic E-state index is 0.0118. The molecule has 7 nitrogen and oxygen atoms in total. The minimum Gasteiger partial charge on any atom is -0.497 e. The van der Waals surface area contributed by atoms with Gasteiger partial charge in [0.15, 0.2) is 0 Å². The standard InChI is InChI=1S/C24H28N2O5/c1-15-6-7-16(2)21(11-15)31-14-18(27)13-26-22(28)24(25-23(26)29)10-4-5-17-12-19(30-3)8-9-20(17)24/h6-9,11-12,18,27H,4-5,10,13-14H2,1-3H3,(H,25,29)/t18-,24-/m0/s1. The molecule has 1 fully saturated rings. The number of aliphatic hydroxyl groups excluding tert-OH is 1. The number of imide groups is 1. The lowest BCUT2D eigenvalue weighted by atomic mass is 9.76. The van der Waals surface area contributed by atoms with Crippen LogP contribution in [0.25, 0.3) is 0 Å². The summed E-state index contributed by atoms with van der Waals surface area (Å²) >= 11 is 0. The molecule has 31 heavy (non-hydrogen) atoms. The quantitative estimate of drug-likeness (QED) is 0.697. The van der Waals surface area contributed by atoms with Gasteiger partial charge in [-0.15, -0.1) is 0 Å². The van der Waals surface area contributed by atoms with Crippen molar-refractivity contribution in [2.24, 2.45) is 0 Å². The normalized spacial score (nSPS) is 21.1. The van der Waals surface area contributed by atoms with E-state index in [2.05, 4.69) is 5.32 Å². The molecule has 1 saturated heterocycles. The maximum absolute atomic E-state index is 13.4. The first-order valence-electron chi connectivity index (χ1n) is 10.5. The highest BCUT2D eigenvalue weighted by atomic mass is 16.5. The molecule has 0 aromatic heterocycles. The summed E-state index contributed by atoms with van der Waals surface area (Å²) in [4.78, 5) is 27.2. The first-order chi connectivity index (χ1) is 14.8. The predicted molar refractivity (Wildman–Crippen MR) is 115 cm³/mol. The van der Waals surface area contributed by atoms with Crippen LogP contribution in [0.5, 0.6) is 11.5 Å². The summed E-state index contributed by atoms with van der Waals surface area (Å²) in [5.74, 6) is 1.08. The number of aliphatic hydroxyl groups is 1. The molecule has 0 radical (unpaired) electrons. The van der Waals surface area contributed by atoms with Gasteiger partial charge >= 0.3 is 6.03 Å². The van der Waals surface area contributed by atoms with Crippen LogP contribution in [0.3, 0.4) is 0 Å². The fourth-order valence-electron chi connectivity index (χ4n) is 4.46. The average molecular weight is 424 g/mol. The van der Waals surface area contributed by atoms with E-state index in [1.54, 1.807) is 13.2 Å². The van der Waals surface area contributed by atoms with E-state index in [9.17, 15) is 14.7 Å². The van der Waals surface area contributed by atoms with Crippen molar-refractivity contribution in [2.75, 3.05) is 20.3 Å². The van der Waals surface area contributed by atoms with Crippen LogP contribution in [-0.2, 0) is 16.8 Å². The Labute approximate surface area is 182 Å². The summed E-state index contributed by atoms with van der Waals surface area (Å²) in [6.07, 6.45) is 1.13.